The van der Waals surface area contributed by atoms with Crippen LogP contribution in [0.1, 0.15) is 37.8 Å². The van der Waals surface area contributed by atoms with Crippen molar-refractivity contribution in [3.05, 3.63) is 47.8 Å². The SMILES string of the molecule is CC1CN(C(=O)OC2CC3(C2)CN(Cc2ccc(S(C)(=O)=O)cc2)C3)[C@H](C)CN1c1ncc(C(F)(F)F)cn1. The molecule has 2 aromatic rings. The number of rotatable bonds is 5. The first-order chi connectivity index (χ1) is 18.2. The molecular formula is C26H32F3N5O4S. The zero-order chi connectivity index (χ0) is 28.2. The first-order valence-electron chi connectivity index (χ1n) is 12.9. The molecule has 1 saturated carbocycles. The fraction of sp³-hybridized carbons (Fsp3) is 0.577. The summed E-state index contributed by atoms with van der Waals surface area (Å²) in [6.07, 6.45) is -0.619. The Morgan fingerprint density at radius 2 is 1.67 bits per heavy atom. The van der Waals surface area contributed by atoms with Gasteiger partial charge >= 0.3 is 12.3 Å². The second-order valence-electron chi connectivity index (χ2n) is 11.2. The molecule has 2 saturated heterocycles. The van der Waals surface area contributed by atoms with E-state index in [1.165, 1.54) is 6.26 Å². The maximum atomic E-state index is 13.0. The van der Waals surface area contributed by atoms with Crippen LogP contribution in [0, 0.1) is 5.41 Å². The number of hydrogen-bond acceptors (Lipinski definition) is 8. The number of amides is 1. The molecule has 3 fully saturated rings. The van der Waals surface area contributed by atoms with Crippen LogP contribution in [0.15, 0.2) is 41.6 Å². The summed E-state index contributed by atoms with van der Waals surface area (Å²) >= 11 is 0. The highest BCUT2D eigenvalue weighted by Crippen LogP contribution is 2.50. The van der Waals surface area contributed by atoms with E-state index in [-0.39, 0.29) is 35.6 Å². The maximum absolute atomic E-state index is 13.0. The Morgan fingerprint density at radius 3 is 2.23 bits per heavy atom. The predicted octanol–water partition coefficient (Wildman–Crippen LogP) is 3.60. The van der Waals surface area contributed by atoms with Crippen LogP contribution in [0.5, 0.6) is 0 Å². The summed E-state index contributed by atoms with van der Waals surface area (Å²) in [5.41, 5.74) is 0.323. The van der Waals surface area contributed by atoms with Gasteiger partial charge in [0.1, 0.15) is 6.10 Å². The van der Waals surface area contributed by atoms with E-state index in [2.05, 4.69) is 14.9 Å². The number of carbonyl (C=O) groups is 1. The first-order valence-corrected chi connectivity index (χ1v) is 14.8. The third-order valence-corrected chi connectivity index (χ3v) is 9.04. The lowest BCUT2D eigenvalue weighted by molar-refractivity contribution is -0.138. The van der Waals surface area contributed by atoms with Crippen molar-refractivity contribution in [2.45, 2.75) is 62.5 Å². The highest BCUT2D eigenvalue weighted by molar-refractivity contribution is 7.90. The van der Waals surface area contributed by atoms with Crippen molar-refractivity contribution in [1.82, 2.24) is 19.8 Å². The van der Waals surface area contributed by atoms with Gasteiger partial charge in [0.15, 0.2) is 9.84 Å². The average Bonchev–Trinajstić information content (AvgIpc) is 2.81. The molecule has 1 aliphatic carbocycles. The summed E-state index contributed by atoms with van der Waals surface area (Å²) < 4.78 is 67.6. The Bertz CT molecular complexity index is 1310. The highest BCUT2D eigenvalue weighted by atomic mass is 32.2. The molecule has 0 radical (unpaired) electrons. The summed E-state index contributed by atoms with van der Waals surface area (Å²) in [4.78, 5) is 26.9. The molecule has 1 unspecified atom stereocenters. The molecule has 3 aliphatic rings. The van der Waals surface area contributed by atoms with E-state index >= 15 is 0 Å². The van der Waals surface area contributed by atoms with Crippen LogP contribution >= 0.6 is 0 Å². The molecule has 9 nitrogen and oxygen atoms in total. The summed E-state index contributed by atoms with van der Waals surface area (Å²) in [7, 11) is -3.21. The minimum absolute atomic E-state index is 0.132. The summed E-state index contributed by atoms with van der Waals surface area (Å²) in [6.45, 7) is 7.06. The van der Waals surface area contributed by atoms with Gasteiger partial charge in [0.05, 0.1) is 10.5 Å². The molecule has 2 atom stereocenters. The van der Waals surface area contributed by atoms with Gasteiger partial charge in [0, 0.05) is 68.9 Å². The lowest BCUT2D eigenvalue weighted by Gasteiger charge is -2.58. The van der Waals surface area contributed by atoms with Crippen LogP contribution in [0.4, 0.5) is 23.9 Å². The van der Waals surface area contributed by atoms with Crippen molar-refractivity contribution in [2.24, 2.45) is 5.41 Å². The number of likely N-dealkylation sites (tertiary alicyclic amines) is 1. The Kier molecular flexibility index (Phi) is 7.03. The van der Waals surface area contributed by atoms with Gasteiger partial charge in [-0.3, -0.25) is 4.90 Å². The van der Waals surface area contributed by atoms with Crippen molar-refractivity contribution in [3.8, 4) is 0 Å². The Labute approximate surface area is 225 Å². The quantitative estimate of drug-likeness (QED) is 0.541. The lowest BCUT2D eigenvalue weighted by Crippen LogP contribution is -2.64. The van der Waals surface area contributed by atoms with Gasteiger partial charge in [0.25, 0.3) is 0 Å². The second-order valence-corrected chi connectivity index (χ2v) is 13.3. The van der Waals surface area contributed by atoms with E-state index in [4.69, 9.17) is 4.74 Å². The molecule has 39 heavy (non-hydrogen) atoms. The van der Waals surface area contributed by atoms with Gasteiger partial charge < -0.3 is 14.5 Å². The van der Waals surface area contributed by atoms with E-state index in [0.717, 1.165) is 50.4 Å². The fourth-order valence-electron chi connectivity index (χ4n) is 5.85. The van der Waals surface area contributed by atoms with Crippen LogP contribution in [-0.2, 0) is 27.3 Å². The van der Waals surface area contributed by atoms with Crippen molar-refractivity contribution < 1.29 is 31.1 Å². The molecule has 13 heteroatoms. The molecule has 0 bridgehead atoms. The topological polar surface area (TPSA) is 95.9 Å². The fourth-order valence-corrected chi connectivity index (χ4v) is 6.48. The van der Waals surface area contributed by atoms with Gasteiger partial charge in [0.2, 0.25) is 5.95 Å². The minimum Gasteiger partial charge on any atom is -0.446 e. The third-order valence-electron chi connectivity index (χ3n) is 7.91. The number of anilines is 1. The number of carbonyl (C=O) groups excluding carboxylic acids is 1. The zero-order valence-electron chi connectivity index (χ0n) is 22.1. The molecule has 0 N–H and O–H groups in total. The van der Waals surface area contributed by atoms with Crippen molar-refractivity contribution in [1.29, 1.82) is 0 Å². The number of hydrogen-bond donors (Lipinski definition) is 0. The number of nitrogens with zero attached hydrogens (tertiary/aromatic N) is 5. The standard InChI is InChI=1S/C26H32F3N5O4S/c1-17-13-34(18(2)12-33(17)23-30-10-20(11-31-23)26(27,28)29)24(35)38-21-8-25(9-21)15-32(16-25)14-19-4-6-22(7-5-19)39(3,36)37/h4-7,10-11,17-18,21H,8-9,12-16H2,1-3H3/t17?,18-/m1/s1. The first kappa shape index (κ1) is 27.6. The van der Waals surface area contributed by atoms with Crippen molar-refractivity contribution in [2.75, 3.05) is 37.3 Å². The number of alkyl halides is 3. The zero-order valence-corrected chi connectivity index (χ0v) is 22.9. The normalized spacial score (nSPS) is 23.8. The third kappa shape index (κ3) is 5.84. The summed E-state index contributed by atoms with van der Waals surface area (Å²) in [6, 6.07) is 6.55. The van der Waals surface area contributed by atoms with Crippen LogP contribution in [-0.4, -0.2) is 84.9 Å². The molecule has 1 aromatic heterocycles. The van der Waals surface area contributed by atoms with Crippen LogP contribution in [0.3, 0.4) is 0 Å². The van der Waals surface area contributed by atoms with E-state index in [0.29, 0.717) is 18.0 Å². The number of aromatic nitrogens is 2. The average molecular weight is 568 g/mol. The smallest absolute Gasteiger partial charge is 0.419 e. The molecule has 1 aromatic carbocycles. The molecule has 1 amide bonds. The second kappa shape index (κ2) is 9.92. The van der Waals surface area contributed by atoms with E-state index in [1.807, 2.05) is 30.9 Å². The van der Waals surface area contributed by atoms with Crippen molar-refractivity contribution >= 4 is 21.9 Å². The van der Waals surface area contributed by atoms with Gasteiger partial charge in [-0.25, -0.2) is 23.2 Å². The van der Waals surface area contributed by atoms with E-state index in [9.17, 15) is 26.4 Å². The van der Waals surface area contributed by atoms with Gasteiger partial charge in [-0.05, 0) is 44.4 Å². The Hall–Kier alpha value is -2.93. The number of piperazine rings is 1. The van der Waals surface area contributed by atoms with Gasteiger partial charge in [-0.1, -0.05) is 12.1 Å². The largest absolute Gasteiger partial charge is 0.446 e. The number of halogens is 3. The molecule has 1 spiro atoms. The van der Waals surface area contributed by atoms with Crippen LogP contribution in [0.25, 0.3) is 0 Å². The molecule has 212 valence electrons. The number of ether oxygens (including phenoxy) is 1. The molecule has 3 heterocycles. The minimum atomic E-state index is -4.49. The summed E-state index contributed by atoms with van der Waals surface area (Å²) in [5.74, 6) is 0.206. The van der Waals surface area contributed by atoms with Crippen LogP contribution in [0.2, 0.25) is 0 Å². The Balaban J connectivity index is 1.07. The van der Waals surface area contributed by atoms with Gasteiger partial charge in [-0.15, -0.1) is 0 Å². The summed E-state index contributed by atoms with van der Waals surface area (Å²) in [5, 5.41) is 0. The number of benzene rings is 1. The number of sulfone groups is 1. The Morgan fingerprint density at radius 1 is 1.05 bits per heavy atom. The van der Waals surface area contributed by atoms with E-state index < -0.39 is 21.6 Å². The van der Waals surface area contributed by atoms with Gasteiger partial charge in [-0.2, -0.15) is 13.2 Å². The lowest BCUT2D eigenvalue weighted by atomic mass is 9.61. The maximum Gasteiger partial charge on any atom is 0.419 e. The molecular weight excluding hydrogens is 535 g/mol. The molecule has 5 rings (SSSR count). The van der Waals surface area contributed by atoms with Crippen LogP contribution < -0.4 is 4.90 Å². The van der Waals surface area contributed by atoms with Crippen molar-refractivity contribution in [3.63, 3.8) is 0 Å². The molecule has 2 aliphatic heterocycles. The monoisotopic (exact) mass is 567 g/mol. The van der Waals surface area contributed by atoms with E-state index in [1.54, 1.807) is 17.0 Å². The highest BCUT2D eigenvalue weighted by Gasteiger charge is 2.54. The predicted molar refractivity (Wildman–Crippen MR) is 137 cm³/mol.